The third-order valence-corrected chi connectivity index (χ3v) is 4.20. The van der Waals surface area contributed by atoms with Crippen LogP contribution in [-0.2, 0) is 0 Å². The van der Waals surface area contributed by atoms with Gasteiger partial charge in [-0.1, -0.05) is 32.9 Å². The van der Waals surface area contributed by atoms with Crippen LogP contribution in [0.4, 0.5) is 5.69 Å². The Morgan fingerprint density at radius 1 is 1.22 bits per heavy atom. The van der Waals surface area contributed by atoms with Crippen molar-refractivity contribution in [3.63, 3.8) is 0 Å². The SMILES string of the molecule is C[C@@H](N)c1ccc(N2CCC(C(C)(C)C)C2)cc1. The number of rotatable bonds is 2. The standard InChI is InChI=1S/C16H26N2/c1-12(17)13-5-7-15(8-6-13)18-10-9-14(11-18)16(2,3)4/h5-8,12,14H,9-11,17H2,1-4H3/t12-,14?/m1/s1. The summed E-state index contributed by atoms with van der Waals surface area (Å²) >= 11 is 0. The summed E-state index contributed by atoms with van der Waals surface area (Å²) in [4.78, 5) is 2.50. The second kappa shape index (κ2) is 4.93. The van der Waals surface area contributed by atoms with E-state index in [4.69, 9.17) is 5.73 Å². The van der Waals surface area contributed by atoms with Gasteiger partial charge in [0.05, 0.1) is 0 Å². The molecule has 18 heavy (non-hydrogen) atoms. The van der Waals surface area contributed by atoms with E-state index in [1.807, 2.05) is 6.92 Å². The summed E-state index contributed by atoms with van der Waals surface area (Å²) in [7, 11) is 0. The maximum absolute atomic E-state index is 5.88. The highest BCUT2D eigenvalue weighted by Crippen LogP contribution is 2.35. The van der Waals surface area contributed by atoms with Gasteiger partial charge in [-0.15, -0.1) is 0 Å². The molecule has 2 heteroatoms. The molecule has 1 aromatic rings. The summed E-state index contributed by atoms with van der Waals surface area (Å²) < 4.78 is 0. The Morgan fingerprint density at radius 3 is 2.28 bits per heavy atom. The first kappa shape index (κ1) is 13.4. The van der Waals surface area contributed by atoms with Crippen LogP contribution in [0.1, 0.15) is 45.7 Å². The lowest BCUT2D eigenvalue weighted by molar-refractivity contribution is 0.263. The van der Waals surface area contributed by atoms with Crippen molar-refractivity contribution in [2.24, 2.45) is 17.1 Å². The lowest BCUT2D eigenvalue weighted by atomic mass is 9.80. The zero-order valence-corrected chi connectivity index (χ0v) is 12.1. The monoisotopic (exact) mass is 246 g/mol. The molecule has 0 aromatic heterocycles. The Bertz CT molecular complexity index is 387. The lowest BCUT2D eigenvalue weighted by Gasteiger charge is -2.27. The molecule has 2 N–H and O–H groups in total. The van der Waals surface area contributed by atoms with Gasteiger partial charge < -0.3 is 10.6 Å². The van der Waals surface area contributed by atoms with E-state index in [-0.39, 0.29) is 6.04 Å². The van der Waals surface area contributed by atoms with Crippen molar-refractivity contribution in [3.8, 4) is 0 Å². The molecule has 0 saturated carbocycles. The van der Waals surface area contributed by atoms with E-state index >= 15 is 0 Å². The van der Waals surface area contributed by atoms with Gasteiger partial charge in [0.25, 0.3) is 0 Å². The maximum atomic E-state index is 5.88. The van der Waals surface area contributed by atoms with Crippen molar-refractivity contribution >= 4 is 5.69 Å². The molecular weight excluding hydrogens is 220 g/mol. The minimum atomic E-state index is 0.125. The van der Waals surface area contributed by atoms with Gasteiger partial charge in [-0.3, -0.25) is 0 Å². The van der Waals surface area contributed by atoms with E-state index < -0.39 is 0 Å². The highest BCUT2D eigenvalue weighted by Gasteiger charge is 2.31. The summed E-state index contributed by atoms with van der Waals surface area (Å²) in [5.41, 5.74) is 8.85. The second-order valence-corrected chi connectivity index (χ2v) is 6.68. The molecule has 1 saturated heterocycles. The van der Waals surface area contributed by atoms with Crippen LogP contribution in [0.3, 0.4) is 0 Å². The highest BCUT2D eigenvalue weighted by molar-refractivity contribution is 5.49. The van der Waals surface area contributed by atoms with Gasteiger partial charge in [0.1, 0.15) is 0 Å². The van der Waals surface area contributed by atoms with Crippen molar-refractivity contribution in [1.82, 2.24) is 0 Å². The fraction of sp³-hybridized carbons (Fsp3) is 0.625. The summed E-state index contributed by atoms with van der Waals surface area (Å²) in [6, 6.07) is 8.86. The van der Waals surface area contributed by atoms with E-state index in [1.54, 1.807) is 0 Å². The van der Waals surface area contributed by atoms with Crippen LogP contribution in [-0.4, -0.2) is 13.1 Å². The molecule has 1 aliphatic rings. The number of nitrogens with zero attached hydrogens (tertiary/aromatic N) is 1. The highest BCUT2D eigenvalue weighted by atomic mass is 15.2. The first-order valence-corrected chi connectivity index (χ1v) is 6.98. The van der Waals surface area contributed by atoms with Crippen molar-refractivity contribution < 1.29 is 0 Å². The third-order valence-electron chi connectivity index (χ3n) is 4.20. The molecule has 2 rings (SSSR count). The Balaban J connectivity index is 2.05. The first-order chi connectivity index (χ1) is 8.38. The molecular formula is C16H26N2. The molecule has 2 nitrogen and oxygen atoms in total. The van der Waals surface area contributed by atoms with Crippen molar-refractivity contribution in [1.29, 1.82) is 0 Å². The average molecular weight is 246 g/mol. The van der Waals surface area contributed by atoms with Gasteiger partial charge in [0, 0.05) is 24.8 Å². The van der Waals surface area contributed by atoms with Gasteiger partial charge in [-0.05, 0) is 42.4 Å². The predicted molar refractivity (Wildman–Crippen MR) is 78.8 cm³/mol. The van der Waals surface area contributed by atoms with Gasteiger partial charge in [-0.2, -0.15) is 0 Å². The van der Waals surface area contributed by atoms with Crippen LogP contribution < -0.4 is 10.6 Å². The van der Waals surface area contributed by atoms with E-state index in [0.29, 0.717) is 5.41 Å². The number of hydrogen-bond donors (Lipinski definition) is 1. The molecule has 2 atom stereocenters. The topological polar surface area (TPSA) is 29.3 Å². The number of anilines is 1. The quantitative estimate of drug-likeness (QED) is 0.864. The Morgan fingerprint density at radius 2 is 1.83 bits per heavy atom. The zero-order chi connectivity index (χ0) is 13.3. The molecule has 1 heterocycles. The summed E-state index contributed by atoms with van der Waals surface area (Å²) in [6.07, 6.45) is 1.30. The minimum Gasteiger partial charge on any atom is -0.371 e. The maximum Gasteiger partial charge on any atom is 0.0366 e. The van der Waals surface area contributed by atoms with Gasteiger partial charge in [-0.25, -0.2) is 0 Å². The van der Waals surface area contributed by atoms with Crippen LogP contribution in [0.2, 0.25) is 0 Å². The van der Waals surface area contributed by atoms with Crippen LogP contribution >= 0.6 is 0 Å². The van der Waals surface area contributed by atoms with Crippen LogP contribution in [0.5, 0.6) is 0 Å². The van der Waals surface area contributed by atoms with E-state index in [2.05, 4.69) is 49.9 Å². The van der Waals surface area contributed by atoms with Crippen LogP contribution in [0.15, 0.2) is 24.3 Å². The number of hydrogen-bond acceptors (Lipinski definition) is 2. The predicted octanol–water partition coefficient (Wildman–Crippen LogP) is 3.58. The van der Waals surface area contributed by atoms with Gasteiger partial charge in [0.15, 0.2) is 0 Å². The Labute approximate surface area is 111 Å². The van der Waals surface area contributed by atoms with E-state index in [9.17, 15) is 0 Å². The largest absolute Gasteiger partial charge is 0.371 e. The van der Waals surface area contributed by atoms with E-state index in [0.717, 1.165) is 5.92 Å². The Hall–Kier alpha value is -1.02. The molecule has 100 valence electrons. The van der Waals surface area contributed by atoms with Crippen LogP contribution in [0.25, 0.3) is 0 Å². The average Bonchev–Trinajstić information content (AvgIpc) is 2.78. The molecule has 1 unspecified atom stereocenters. The first-order valence-electron chi connectivity index (χ1n) is 6.98. The normalized spacial score (nSPS) is 22.3. The Kier molecular flexibility index (Phi) is 3.67. The fourth-order valence-electron chi connectivity index (χ4n) is 2.69. The molecule has 1 fully saturated rings. The summed E-state index contributed by atoms with van der Waals surface area (Å²) in [6.45, 7) is 11.4. The molecule has 0 aliphatic carbocycles. The van der Waals surface area contributed by atoms with Crippen molar-refractivity contribution in [2.45, 2.75) is 40.2 Å². The summed E-state index contributed by atoms with van der Waals surface area (Å²) in [5, 5.41) is 0. The molecule has 1 aromatic carbocycles. The molecule has 0 radical (unpaired) electrons. The van der Waals surface area contributed by atoms with Gasteiger partial charge in [0.2, 0.25) is 0 Å². The lowest BCUT2D eigenvalue weighted by Crippen LogP contribution is -2.25. The number of nitrogens with two attached hydrogens (primary N) is 1. The van der Waals surface area contributed by atoms with Crippen molar-refractivity contribution in [2.75, 3.05) is 18.0 Å². The van der Waals surface area contributed by atoms with Gasteiger partial charge >= 0.3 is 0 Å². The molecule has 0 amide bonds. The second-order valence-electron chi connectivity index (χ2n) is 6.68. The van der Waals surface area contributed by atoms with E-state index in [1.165, 1.54) is 30.8 Å². The fourth-order valence-corrected chi connectivity index (χ4v) is 2.69. The number of benzene rings is 1. The van der Waals surface area contributed by atoms with Crippen LogP contribution in [0, 0.1) is 11.3 Å². The third kappa shape index (κ3) is 2.86. The molecule has 1 aliphatic heterocycles. The smallest absolute Gasteiger partial charge is 0.0366 e. The minimum absolute atomic E-state index is 0.125. The zero-order valence-electron chi connectivity index (χ0n) is 12.1. The molecule has 0 spiro atoms. The van der Waals surface area contributed by atoms with Crippen molar-refractivity contribution in [3.05, 3.63) is 29.8 Å². The summed E-state index contributed by atoms with van der Waals surface area (Å²) in [5.74, 6) is 0.797. The molecule has 0 bridgehead atoms.